The largest absolute Gasteiger partial charge is 0.324 e. The summed E-state index contributed by atoms with van der Waals surface area (Å²) in [5, 5.41) is 6.21. The molecule has 0 spiro atoms. The molecule has 1 aromatic heterocycles. The van der Waals surface area contributed by atoms with Gasteiger partial charge in [-0.2, -0.15) is 8.75 Å². The van der Waals surface area contributed by atoms with Crippen LogP contribution in [0.25, 0.3) is 11.0 Å². The normalized spacial score (nSPS) is 19.9. The third-order valence-corrected chi connectivity index (χ3v) is 3.75. The van der Waals surface area contributed by atoms with Crippen molar-refractivity contribution in [1.29, 1.82) is 0 Å². The molecule has 1 aromatic carbocycles. The molecule has 0 saturated carbocycles. The van der Waals surface area contributed by atoms with Gasteiger partial charge in [0.05, 0.1) is 23.3 Å². The minimum absolute atomic E-state index is 0.0561. The lowest BCUT2D eigenvalue weighted by molar-refractivity contribution is -0.120. The monoisotopic (exact) mass is 262 g/mol. The van der Waals surface area contributed by atoms with Crippen LogP contribution in [0.1, 0.15) is 12.8 Å². The van der Waals surface area contributed by atoms with Crippen molar-refractivity contribution in [2.24, 2.45) is 5.92 Å². The minimum atomic E-state index is 0.0561. The van der Waals surface area contributed by atoms with E-state index in [2.05, 4.69) is 19.4 Å². The first-order valence-corrected chi connectivity index (χ1v) is 6.80. The zero-order valence-corrected chi connectivity index (χ0v) is 10.7. The zero-order valence-electron chi connectivity index (χ0n) is 9.85. The lowest BCUT2D eigenvalue weighted by atomic mass is 9.99. The van der Waals surface area contributed by atoms with Crippen LogP contribution >= 0.6 is 11.7 Å². The average molecular weight is 262 g/mol. The maximum absolute atomic E-state index is 12.1. The molecule has 18 heavy (non-hydrogen) atoms. The van der Waals surface area contributed by atoms with Gasteiger partial charge < -0.3 is 10.6 Å². The standard InChI is InChI=1S/C12H14N4OS/c17-12(8-3-2-6-13-7-8)14-9-4-1-5-10-11(9)16-18-15-10/h1,4-5,8,13H,2-3,6-7H2,(H,14,17). The molecule has 6 heteroatoms. The fourth-order valence-electron chi connectivity index (χ4n) is 2.22. The van der Waals surface area contributed by atoms with Gasteiger partial charge in [-0.25, -0.2) is 0 Å². The highest BCUT2D eigenvalue weighted by molar-refractivity contribution is 7.00. The Kier molecular flexibility index (Phi) is 3.21. The van der Waals surface area contributed by atoms with Crippen LogP contribution in [-0.4, -0.2) is 27.7 Å². The number of anilines is 1. The summed E-state index contributed by atoms with van der Waals surface area (Å²) < 4.78 is 8.38. The Balaban J connectivity index is 1.79. The first kappa shape index (κ1) is 11.6. The SMILES string of the molecule is O=C(Nc1cccc2nsnc12)C1CCCNC1. The Hall–Kier alpha value is -1.53. The van der Waals surface area contributed by atoms with E-state index < -0.39 is 0 Å². The highest BCUT2D eigenvalue weighted by atomic mass is 32.1. The molecule has 0 radical (unpaired) electrons. The lowest BCUT2D eigenvalue weighted by Crippen LogP contribution is -2.37. The van der Waals surface area contributed by atoms with E-state index >= 15 is 0 Å². The van der Waals surface area contributed by atoms with Crippen molar-refractivity contribution in [1.82, 2.24) is 14.1 Å². The summed E-state index contributed by atoms with van der Waals surface area (Å²) in [6.07, 6.45) is 2.00. The van der Waals surface area contributed by atoms with Crippen LogP contribution in [0, 0.1) is 5.92 Å². The van der Waals surface area contributed by atoms with E-state index in [1.54, 1.807) is 0 Å². The molecular formula is C12H14N4OS. The molecule has 5 nitrogen and oxygen atoms in total. The van der Waals surface area contributed by atoms with E-state index in [1.807, 2.05) is 18.2 Å². The minimum Gasteiger partial charge on any atom is -0.324 e. The molecule has 2 N–H and O–H groups in total. The first-order valence-electron chi connectivity index (χ1n) is 6.07. The van der Waals surface area contributed by atoms with Crippen LogP contribution < -0.4 is 10.6 Å². The van der Waals surface area contributed by atoms with Crippen molar-refractivity contribution in [2.45, 2.75) is 12.8 Å². The number of piperidine rings is 1. The highest BCUT2D eigenvalue weighted by Crippen LogP contribution is 2.22. The van der Waals surface area contributed by atoms with Gasteiger partial charge >= 0.3 is 0 Å². The van der Waals surface area contributed by atoms with Crippen molar-refractivity contribution in [3.05, 3.63) is 18.2 Å². The number of hydrogen-bond acceptors (Lipinski definition) is 5. The van der Waals surface area contributed by atoms with Crippen LogP contribution in [0.3, 0.4) is 0 Å². The number of aromatic nitrogens is 2. The van der Waals surface area contributed by atoms with Gasteiger partial charge in [0.1, 0.15) is 11.0 Å². The predicted molar refractivity (Wildman–Crippen MR) is 71.6 cm³/mol. The molecule has 1 saturated heterocycles. The molecule has 1 aliphatic heterocycles. The second-order valence-electron chi connectivity index (χ2n) is 4.47. The number of hydrogen-bond donors (Lipinski definition) is 2. The van der Waals surface area contributed by atoms with Gasteiger partial charge in [-0.05, 0) is 31.5 Å². The molecule has 3 rings (SSSR count). The average Bonchev–Trinajstić information content (AvgIpc) is 2.89. The summed E-state index contributed by atoms with van der Waals surface area (Å²) in [4.78, 5) is 12.1. The molecule has 0 aliphatic carbocycles. The summed E-state index contributed by atoms with van der Waals surface area (Å²) in [7, 11) is 0. The van der Waals surface area contributed by atoms with Gasteiger partial charge in [0.15, 0.2) is 0 Å². The number of carbonyl (C=O) groups excluding carboxylic acids is 1. The maximum atomic E-state index is 12.1. The van der Waals surface area contributed by atoms with Crippen molar-refractivity contribution < 1.29 is 4.79 Å². The van der Waals surface area contributed by atoms with E-state index in [1.165, 1.54) is 11.7 Å². The number of benzene rings is 1. The summed E-state index contributed by atoms with van der Waals surface area (Å²) >= 11 is 1.17. The quantitative estimate of drug-likeness (QED) is 0.863. The number of nitrogens with zero attached hydrogens (tertiary/aromatic N) is 2. The molecule has 1 fully saturated rings. The fourth-order valence-corrected chi connectivity index (χ4v) is 2.77. The summed E-state index contributed by atoms with van der Waals surface area (Å²) in [6, 6.07) is 5.66. The van der Waals surface area contributed by atoms with Gasteiger partial charge in [-0.1, -0.05) is 6.07 Å². The van der Waals surface area contributed by atoms with E-state index in [0.717, 1.165) is 42.7 Å². The number of fused-ring (bicyclic) bond motifs is 1. The Labute approximate surface area is 109 Å². The molecule has 0 bridgehead atoms. The molecule has 2 aromatic rings. The molecule has 1 amide bonds. The molecule has 2 heterocycles. The van der Waals surface area contributed by atoms with Crippen molar-refractivity contribution >= 4 is 34.4 Å². The smallest absolute Gasteiger partial charge is 0.228 e. The highest BCUT2D eigenvalue weighted by Gasteiger charge is 2.21. The summed E-state index contributed by atoms with van der Waals surface area (Å²) in [5.74, 6) is 0.128. The van der Waals surface area contributed by atoms with Crippen LogP contribution in [0.5, 0.6) is 0 Å². The summed E-state index contributed by atoms with van der Waals surface area (Å²) in [5.41, 5.74) is 2.37. The third kappa shape index (κ3) is 2.21. The molecule has 94 valence electrons. The molecule has 1 atom stereocenters. The maximum Gasteiger partial charge on any atom is 0.228 e. The zero-order chi connectivity index (χ0) is 12.4. The number of nitrogens with one attached hydrogen (secondary N) is 2. The van der Waals surface area contributed by atoms with Crippen molar-refractivity contribution in [2.75, 3.05) is 18.4 Å². The van der Waals surface area contributed by atoms with Crippen LogP contribution in [0.15, 0.2) is 18.2 Å². The van der Waals surface area contributed by atoms with E-state index in [-0.39, 0.29) is 11.8 Å². The lowest BCUT2D eigenvalue weighted by Gasteiger charge is -2.21. The van der Waals surface area contributed by atoms with Crippen molar-refractivity contribution in [3.8, 4) is 0 Å². The third-order valence-electron chi connectivity index (χ3n) is 3.21. The number of amides is 1. The topological polar surface area (TPSA) is 66.9 Å². The van der Waals surface area contributed by atoms with Gasteiger partial charge in [0.25, 0.3) is 0 Å². The first-order chi connectivity index (χ1) is 8.84. The van der Waals surface area contributed by atoms with Gasteiger partial charge in [-0.15, -0.1) is 0 Å². The Morgan fingerprint density at radius 1 is 1.44 bits per heavy atom. The van der Waals surface area contributed by atoms with Crippen LogP contribution in [-0.2, 0) is 4.79 Å². The van der Waals surface area contributed by atoms with E-state index in [4.69, 9.17) is 0 Å². The van der Waals surface area contributed by atoms with Gasteiger partial charge in [0, 0.05) is 6.54 Å². The Morgan fingerprint density at radius 2 is 2.39 bits per heavy atom. The fraction of sp³-hybridized carbons (Fsp3) is 0.417. The Morgan fingerprint density at radius 3 is 3.22 bits per heavy atom. The van der Waals surface area contributed by atoms with Crippen LogP contribution in [0.2, 0.25) is 0 Å². The molecular weight excluding hydrogens is 248 g/mol. The van der Waals surface area contributed by atoms with Gasteiger partial charge in [-0.3, -0.25) is 4.79 Å². The number of carbonyl (C=O) groups is 1. The summed E-state index contributed by atoms with van der Waals surface area (Å²) in [6.45, 7) is 1.77. The second kappa shape index (κ2) is 4.99. The number of rotatable bonds is 2. The molecule has 1 aliphatic rings. The second-order valence-corrected chi connectivity index (χ2v) is 5.00. The van der Waals surface area contributed by atoms with Crippen LogP contribution in [0.4, 0.5) is 5.69 Å². The molecule has 1 unspecified atom stereocenters. The van der Waals surface area contributed by atoms with E-state index in [9.17, 15) is 4.79 Å². The predicted octanol–water partition coefficient (Wildman–Crippen LogP) is 1.63. The van der Waals surface area contributed by atoms with E-state index in [0.29, 0.717) is 0 Å². The van der Waals surface area contributed by atoms with Gasteiger partial charge in [0.2, 0.25) is 5.91 Å². The van der Waals surface area contributed by atoms with Crippen molar-refractivity contribution in [3.63, 3.8) is 0 Å². The Bertz CT molecular complexity index is 562.